The second-order valence-electron chi connectivity index (χ2n) is 5.32. The van der Waals surface area contributed by atoms with Gasteiger partial charge in [0.05, 0.1) is 18.8 Å². The van der Waals surface area contributed by atoms with Crippen molar-refractivity contribution in [2.75, 3.05) is 26.4 Å². The molecule has 0 fully saturated rings. The predicted molar refractivity (Wildman–Crippen MR) is 99.2 cm³/mol. The van der Waals surface area contributed by atoms with Crippen LogP contribution in [0.3, 0.4) is 0 Å². The van der Waals surface area contributed by atoms with E-state index in [2.05, 4.69) is 4.98 Å². The third-order valence-electron chi connectivity index (χ3n) is 3.23. The molecule has 30 heavy (non-hydrogen) atoms. The summed E-state index contributed by atoms with van der Waals surface area (Å²) >= 11 is 0. The summed E-state index contributed by atoms with van der Waals surface area (Å²) in [5.41, 5.74) is -0.236. The highest BCUT2D eigenvalue weighted by molar-refractivity contribution is 5.93. The molecule has 2 unspecified atom stereocenters. The van der Waals surface area contributed by atoms with Gasteiger partial charge in [-0.15, -0.1) is 0 Å². The van der Waals surface area contributed by atoms with Crippen molar-refractivity contribution >= 4 is 23.9 Å². The number of hydrogen-bond acceptors (Lipinski definition) is 11. The van der Waals surface area contributed by atoms with Crippen LogP contribution in [0.4, 0.5) is 0 Å². The maximum Gasteiger partial charge on any atom is 0.376 e. The number of pyridine rings is 1. The van der Waals surface area contributed by atoms with Crippen LogP contribution in [0.1, 0.15) is 48.5 Å². The molecule has 1 aromatic rings. The average molecular weight is 427 g/mol. The molecule has 11 heteroatoms. The first kappa shape index (κ1) is 25.0. The Kier molecular flexibility index (Phi) is 11.0. The molecule has 0 N–H and O–H groups in total. The summed E-state index contributed by atoms with van der Waals surface area (Å²) in [5.74, 6) is -3.57. The molecule has 0 aliphatic carbocycles. The Labute approximate surface area is 173 Å². The molecule has 11 nitrogen and oxygen atoms in total. The second-order valence-corrected chi connectivity index (χ2v) is 5.32. The van der Waals surface area contributed by atoms with Gasteiger partial charge in [-0.2, -0.15) is 0 Å². The maximum atomic E-state index is 12.2. The van der Waals surface area contributed by atoms with E-state index >= 15 is 0 Å². The second kappa shape index (κ2) is 13.2. The molecule has 0 aliphatic rings. The minimum Gasteiger partial charge on any atom is -0.461 e. The number of carbonyl (C=O) groups is 4. The van der Waals surface area contributed by atoms with Crippen LogP contribution < -0.4 is 0 Å². The van der Waals surface area contributed by atoms with Crippen LogP contribution in [0.15, 0.2) is 18.3 Å². The predicted octanol–water partition coefficient (Wildman–Crippen LogP) is 1.25. The van der Waals surface area contributed by atoms with Crippen molar-refractivity contribution in [3.63, 3.8) is 0 Å². The van der Waals surface area contributed by atoms with Crippen molar-refractivity contribution in [3.05, 3.63) is 29.6 Å². The molecule has 0 bridgehead atoms. The molecule has 1 heterocycles. The normalized spacial score (nSPS) is 12.4. The number of aromatic nitrogens is 1. The molecule has 2 atom stereocenters. The molecule has 0 aliphatic heterocycles. The standard InChI is InChI=1S/C19H25NO10/c1-5-25-16(23)18(27-7-3)29-14(21)12-9-10-13(20-11-12)15(22)30-19(28-8-4)17(24)26-6-2/h9-11,18-19H,5-8H2,1-4H3. The fourth-order valence-corrected chi connectivity index (χ4v) is 1.98. The summed E-state index contributed by atoms with van der Waals surface area (Å²) in [7, 11) is 0. The van der Waals surface area contributed by atoms with E-state index in [1.807, 2.05) is 0 Å². The SMILES string of the molecule is CCOC(=O)C(OCC)OC(=O)c1ccc(C(=O)OC(OCC)C(=O)OCC)nc1. The first-order valence-corrected chi connectivity index (χ1v) is 9.32. The molecule has 0 amide bonds. The number of carbonyl (C=O) groups excluding carboxylic acids is 4. The quantitative estimate of drug-likeness (QED) is 0.271. The van der Waals surface area contributed by atoms with Gasteiger partial charge in [-0.05, 0) is 39.8 Å². The van der Waals surface area contributed by atoms with Crippen LogP contribution in [0.25, 0.3) is 0 Å². The van der Waals surface area contributed by atoms with Crippen molar-refractivity contribution in [1.82, 2.24) is 4.98 Å². The third-order valence-corrected chi connectivity index (χ3v) is 3.23. The summed E-state index contributed by atoms with van der Waals surface area (Å²) in [4.78, 5) is 51.7. The molecule has 0 radical (unpaired) electrons. The van der Waals surface area contributed by atoms with Crippen LogP contribution in [0.2, 0.25) is 0 Å². The van der Waals surface area contributed by atoms with Crippen molar-refractivity contribution in [2.24, 2.45) is 0 Å². The highest BCUT2D eigenvalue weighted by Gasteiger charge is 2.27. The van der Waals surface area contributed by atoms with E-state index in [4.69, 9.17) is 28.4 Å². The molecule has 166 valence electrons. The van der Waals surface area contributed by atoms with Gasteiger partial charge in [0, 0.05) is 19.4 Å². The maximum absolute atomic E-state index is 12.2. The third kappa shape index (κ3) is 7.76. The smallest absolute Gasteiger partial charge is 0.376 e. The van der Waals surface area contributed by atoms with E-state index in [0.29, 0.717) is 0 Å². The van der Waals surface area contributed by atoms with Gasteiger partial charge in [0.1, 0.15) is 5.69 Å². The molecule has 1 rings (SSSR count). The zero-order valence-corrected chi connectivity index (χ0v) is 17.2. The van der Waals surface area contributed by atoms with Crippen molar-refractivity contribution < 1.29 is 47.6 Å². The number of nitrogens with zero attached hydrogens (tertiary/aromatic N) is 1. The van der Waals surface area contributed by atoms with Gasteiger partial charge in [-0.1, -0.05) is 0 Å². The molecular formula is C19H25NO10. The topological polar surface area (TPSA) is 137 Å². The Morgan fingerprint density at radius 2 is 1.27 bits per heavy atom. The largest absolute Gasteiger partial charge is 0.461 e. The number of ether oxygens (including phenoxy) is 6. The number of esters is 4. The molecule has 0 saturated heterocycles. The average Bonchev–Trinajstić information content (AvgIpc) is 2.73. The van der Waals surface area contributed by atoms with Crippen LogP contribution in [0.5, 0.6) is 0 Å². The summed E-state index contributed by atoms with van der Waals surface area (Å²) in [6.45, 7) is 6.83. The van der Waals surface area contributed by atoms with Crippen LogP contribution >= 0.6 is 0 Å². The first-order valence-electron chi connectivity index (χ1n) is 9.32. The van der Waals surface area contributed by atoms with Gasteiger partial charge in [0.15, 0.2) is 0 Å². The van der Waals surface area contributed by atoms with E-state index in [0.717, 1.165) is 6.20 Å². The Morgan fingerprint density at radius 3 is 1.67 bits per heavy atom. The zero-order chi connectivity index (χ0) is 22.5. The number of rotatable bonds is 12. The Hall–Kier alpha value is -3.05. The molecule has 0 saturated carbocycles. The molecular weight excluding hydrogens is 402 g/mol. The first-order chi connectivity index (χ1) is 14.4. The van der Waals surface area contributed by atoms with E-state index in [1.54, 1.807) is 27.7 Å². The Balaban J connectivity index is 2.80. The lowest BCUT2D eigenvalue weighted by Gasteiger charge is -2.16. The Morgan fingerprint density at radius 1 is 0.767 bits per heavy atom. The minimum absolute atomic E-state index is 0.0488. The van der Waals surface area contributed by atoms with Crippen LogP contribution in [-0.2, 0) is 38.0 Å². The molecule has 0 spiro atoms. The highest BCUT2D eigenvalue weighted by atomic mass is 16.7. The van der Waals surface area contributed by atoms with E-state index in [9.17, 15) is 19.2 Å². The van der Waals surface area contributed by atoms with Gasteiger partial charge in [-0.3, -0.25) is 0 Å². The summed E-state index contributed by atoms with van der Waals surface area (Å²) in [5, 5.41) is 0. The lowest BCUT2D eigenvalue weighted by molar-refractivity contribution is -0.182. The zero-order valence-electron chi connectivity index (χ0n) is 17.2. The minimum atomic E-state index is -1.54. The summed E-state index contributed by atoms with van der Waals surface area (Å²) in [6, 6.07) is 2.42. The van der Waals surface area contributed by atoms with Crippen LogP contribution in [-0.4, -0.2) is 67.9 Å². The lowest BCUT2D eigenvalue weighted by atomic mass is 10.2. The van der Waals surface area contributed by atoms with Crippen molar-refractivity contribution in [1.29, 1.82) is 0 Å². The van der Waals surface area contributed by atoms with E-state index in [1.165, 1.54) is 12.1 Å². The van der Waals surface area contributed by atoms with Gasteiger partial charge >= 0.3 is 36.5 Å². The van der Waals surface area contributed by atoms with Crippen molar-refractivity contribution in [2.45, 2.75) is 40.3 Å². The fourth-order valence-electron chi connectivity index (χ4n) is 1.98. The molecule has 1 aromatic heterocycles. The number of hydrogen-bond donors (Lipinski definition) is 0. The highest BCUT2D eigenvalue weighted by Crippen LogP contribution is 2.10. The summed E-state index contributed by atoms with van der Waals surface area (Å²) in [6.07, 6.45) is -2.01. The van der Waals surface area contributed by atoms with E-state index < -0.39 is 36.5 Å². The van der Waals surface area contributed by atoms with Gasteiger partial charge in [0.25, 0.3) is 0 Å². The fraction of sp³-hybridized carbons (Fsp3) is 0.526. The lowest BCUT2D eigenvalue weighted by Crippen LogP contribution is -2.32. The van der Waals surface area contributed by atoms with E-state index in [-0.39, 0.29) is 37.7 Å². The van der Waals surface area contributed by atoms with Crippen molar-refractivity contribution in [3.8, 4) is 0 Å². The van der Waals surface area contributed by atoms with Crippen LogP contribution in [0, 0.1) is 0 Å². The summed E-state index contributed by atoms with van der Waals surface area (Å²) < 4.78 is 29.6. The molecule has 0 aromatic carbocycles. The van der Waals surface area contributed by atoms with Gasteiger partial charge in [-0.25, -0.2) is 24.2 Å². The van der Waals surface area contributed by atoms with Gasteiger partial charge in [0.2, 0.25) is 0 Å². The monoisotopic (exact) mass is 427 g/mol. The Bertz CT molecular complexity index is 658. The van der Waals surface area contributed by atoms with Gasteiger partial charge < -0.3 is 28.4 Å².